The zero-order chi connectivity index (χ0) is 12.5. The fraction of sp³-hybridized carbons (Fsp3) is 0.714. The molecule has 4 nitrogen and oxygen atoms in total. The van der Waals surface area contributed by atoms with Gasteiger partial charge in [0.05, 0.1) is 6.07 Å². The number of aromatic nitrogens is 2. The van der Waals surface area contributed by atoms with Crippen molar-refractivity contribution in [2.45, 2.75) is 57.5 Å². The molecule has 1 heterocycles. The quantitative estimate of drug-likeness (QED) is 0.894. The van der Waals surface area contributed by atoms with Crippen LogP contribution in [0.1, 0.15) is 57.2 Å². The topological polar surface area (TPSA) is 55.0 Å². The van der Waals surface area contributed by atoms with Crippen molar-refractivity contribution in [3.05, 3.63) is 22.2 Å². The average molecular weight is 248 g/mol. The predicted molar refractivity (Wildman–Crippen MR) is 68.9 cm³/mol. The first-order valence-corrected chi connectivity index (χ1v) is 7.00. The standard InChI is InChI=1S/C14H20N2O2/c1-9-4-2-3-5-11(9)18-13-8-12(17)15-14(16-13)10-6-7-10/h8-11H,2-7H2,1H3,(H,15,16,17). The van der Waals surface area contributed by atoms with Crippen molar-refractivity contribution >= 4 is 0 Å². The summed E-state index contributed by atoms with van der Waals surface area (Å²) < 4.78 is 5.94. The molecule has 4 heteroatoms. The van der Waals surface area contributed by atoms with Crippen LogP contribution in [0.4, 0.5) is 0 Å². The van der Waals surface area contributed by atoms with Crippen molar-refractivity contribution in [1.29, 1.82) is 0 Å². The number of hydrogen-bond acceptors (Lipinski definition) is 3. The molecule has 2 fully saturated rings. The fourth-order valence-electron chi connectivity index (χ4n) is 2.68. The fourth-order valence-corrected chi connectivity index (χ4v) is 2.68. The summed E-state index contributed by atoms with van der Waals surface area (Å²) >= 11 is 0. The van der Waals surface area contributed by atoms with Gasteiger partial charge in [0.25, 0.3) is 5.56 Å². The van der Waals surface area contributed by atoms with Crippen LogP contribution in [0.3, 0.4) is 0 Å². The van der Waals surface area contributed by atoms with Gasteiger partial charge in [0.2, 0.25) is 5.88 Å². The summed E-state index contributed by atoms with van der Waals surface area (Å²) in [5, 5.41) is 0. The molecule has 3 rings (SSSR count). The minimum atomic E-state index is -0.0923. The van der Waals surface area contributed by atoms with Gasteiger partial charge < -0.3 is 9.72 Å². The molecule has 18 heavy (non-hydrogen) atoms. The molecular formula is C14H20N2O2. The first kappa shape index (κ1) is 11.8. The maximum Gasteiger partial charge on any atom is 0.254 e. The molecule has 0 aliphatic heterocycles. The predicted octanol–water partition coefficient (Wildman–Crippen LogP) is 2.60. The zero-order valence-corrected chi connectivity index (χ0v) is 10.8. The van der Waals surface area contributed by atoms with E-state index in [1.54, 1.807) is 0 Å². The van der Waals surface area contributed by atoms with E-state index in [1.807, 2.05) is 0 Å². The van der Waals surface area contributed by atoms with Crippen molar-refractivity contribution in [2.24, 2.45) is 5.92 Å². The van der Waals surface area contributed by atoms with Crippen molar-refractivity contribution < 1.29 is 4.74 Å². The van der Waals surface area contributed by atoms with Gasteiger partial charge in [-0.2, -0.15) is 4.98 Å². The number of H-pyrrole nitrogens is 1. The first-order valence-electron chi connectivity index (χ1n) is 7.00. The van der Waals surface area contributed by atoms with E-state index in [-0.39, 0.29) is 11.7 Å². The summed E-state index contributed by atoms with van der Waals surface area (Å²) in [5.41, 5.74) is -0.0923. The van der Waals surface area contributed by atoms with Gasteiger partial charge in [-0.15, -0.1) is 0 Å². The minimum Gasteiger partial charge on any atom is -0.474 e. The van der Waals surface area contributed by atoms with Gasteiger partial charge in [-0.05, 0) is 38.0 Å². The minimum absolute atomic E-state index is 0.0923. The van der Waals surface area contributed by atoms with Crippen LogP contribution in [-0.2, 0) is 0 Å². The lowest BCUT2D eigenvalue weighted by molar-refractivity contribution is 0.0970. The Hall–Kier alpha value is -1.32. The summed E-state index contributed by atoms with van der Waals surface area (Å²) in [6.45, 7) is 2.22. The van der Waals surface area contributed by atoms with Gasteiger partial charge >= 0.3 is 0 Å². The second-order valence-electron chi connectivity index (χ2n) is 5.66. The Labute approximate surface area is 107 Å². The molecular weight excluding hydrogens is 228 g/mol. The molecule has 0 spiro atoms. The lowest BCUT2D eigenvalue weighted by Gasteiger charge is -2.28. The maximum absolute atomic E-state index is 11.6. The molecule has 0 radical (unpaired) electrons. The number of ether oxygens (including phenoxy) is 1. The second kappa shape index (κ2) is 4.75. The normalized spacial score (nSPS) is 28.1. The summed E-state index contributed by atoms with van der Waals surface area (Å²) in [5.74, 6) is 2.33. The van der Waals surface area contributed by atoms with Gasteiger partial charge in [-0.1, -0.05) is 13.3 Å². The summed E-state index contributed by atoms with van der Waals surface area (Å²) in [7, 11) is 0. The molecule has 1 aromatic heterocycles. The zero-order valence-electron chi connectivity index (χ0n) is 10.8. The third-order valence-electron chi connectivity index (χ3n) is 4.01. The molecule has 0 bridgehead atoms. The van der Waals surface area contributed by atoms with Crippen LogP contribution in [0.2, 0.25) is 0 Å². The number of nitrogens with zero attached hydrogens (tertiary/aromatic N) is 1. The van der Waals surface area contributed by atoms with Crippen LogP contribution in [0.25, 0.3) is 0 Å². The van der Waals surface area contributed by atoms with E-state index >= 15 is 0 Å². The monoisotopic (exact) mass is 248 g/mol. The van der Waals surface area contributed by atoms with E-state index in [4.69, 9.17) is 4.74 Å². The van der Waals surface area contributed by atoms with Gasteiger partial charge in [0, 0.05) is 5.92 Å². The first-order chi connectivity index (χ1) is 8.72. The Balaban J connectivity index is 1.76. The van der Waals surface area contributed by atoms with E-state index in [2.05, 4.69) is 16.9 Å². The number of nitrogens with one attached hydrogen (secondary N) is 1. The largest absolute Gasteiger partial charge is 0.474 e. The highest BCUT2D eigenvalue weighted by Gasteiger charge is 2.28. The van der Waals surface area contributed by atoms with Crippen LogP contribution >= 0.6 is 0 Å². The lowest BCUT2D eigenvalue weighted by atomic mass is 9.88. The van der Waals surface area contributed by atoms with Gasteiger partial charge in [0.1, 0.15) is 11.9 Å². The van der Waals surface area contributed by atoms with E-state index in [0.29, 0.717) is 17.7 Å². The maximum atomic E-state index is 11.6. The molecule has 2 atom stereocenters. The molecule has 98 valence electrons. The molecule has 1 N–H and O–H groups in total. The highest BCUT2D eigenvalue weighted by Crippen LogP contribution is 2.38. The Morgan fingerprint density at radius 1 is 1.28 bits per heavy atom. The number of rotatable bonds is 3. The van der Waals surface area contributed by atoms with Crippen molar-refractivity contribution in [3.63, 3.8) is 0 Å². The Kier molecular flexibility index (Phi) is 3.10. The van der Waals surface area contributed by atoms with Gasteiger partial charge in [-0.25, -0.2) is 0 Å². The molecule has 2 aliphatic carbocycles. The van der Waals surface area contributed by atoms with E-state index in [0.717, 1.165) is 25.1 Å². The third kappa shape index (κ3) is 2.57. The average Bonchev–Trinajstić information content (AvgIpc) is 3.15. The van der Waals surface area contributed by atoms with E-state index in [9.17, 15) is 4.79 Å². The summed E-state index contributed by atoms with van der Waals surface area (Å²) in [4.78, 5) is 18.8. The molecule has 2 saturated carbocycles. The van der Waals surface area contributed by atoms with Crippen molar-refractivity contribution in [2.75, 3.05) is 0 Å². The SMILES string of the molecule is CC1CCCCC1Oc1cc(=O)[nH]c(C2CC2)n1. The summed E-state index contributed by atoms with van der Waals surface area (Å²) in [6.07, 6.45) is 7.28. The van der Waals surface area contributed by atoms with Crippen LogP contribution in [0, 0.1) is 5.92 Å². The van der Waals surface area contributed by atoms with Crippen LogP contribution in [0.5, 0.6) is 5.88 Å². The highest BCUT2D eigenvalue weighted by atomic mass is 16.5. The molecule has 0 aromatic carbocycles. The van der Waals surface area contributed by atoms with E-state index in [1.165, 1.54) is 25.3 Å². The third-order valence-corrected chi connectivity index (χ3v) is 4.01. The van der Waals surface area contributed by atoms with Crippen LogP contribution in [-0.4, -0.2) is 16.1 Å². The van der Waals surface area contributed by atoms with Gasteiger partial charge in [-0.3, -0.25) is 4.79 Å². The summed E-state index contributed by atoms with van der Waals surface area (Å²) in [6, 6.07) is 1.48. The Morgan fingerprint density at radius 2 is 2.06 bits per heavy atom. The van der Waals surface area contributed by atoms with Crippen molar-refractivity contribution in [1.82, 2.24) is 9.97 Å². The molecule has 0 amide bonds. The molecule has 2 unspecified atom stereocenters. The van der Waals surface area contributed by atoms with Crippen LogP contribution in [0.15, 0.2) is 10.9 Å². The number of hydrogen-bond donors (Lipinski definition) is 1. The Bertz CT molecular complexity index is 479. The molecule has 2 aliphatic rings. The van der Waals surface area contributed by atoms with Gasteiger partial charge in [0.15, 0.2) is 0 Å². The number of aromatic amines is 1. The molecule has 0 saturated heterocycles. The molecule has 1 aromatic rings. The van der Waals surface area contributed by atoms with Crippen LogP contribution < -0.4 is 10.3 Å². The van der Waals surface area contributed by atoms with E-state index < -0.39 is 0 Å². The van der Waals surface area contributed by atoms with Crippen molar-refractivity contribution in [3.8, 4) is 5.88 Å². The Morgan fingerprint density at radius 3 is 2.78 bits per heavy atom. The smallest absolute Gasteiger partial charge is 0.254 e. The second-order valence-corrected chi connectivity index (χ2v) is 5.66. The lowest BCUT2D eigenvalue weighted by Crippen LogP contribution is -2.29. The highest BCUT2D eigenvalue weighted by molar-refractivity contribution is 5.14.